The van der Waals surface area contributed by atoms with Crippen molar-refractivity contribution in [2.75, 3.05) is 26.2 Å². The maximum atomic E-state index is 12.6. The minimum Gasteiger partial charge on any atom is -0.297 e. The molecule has 1 saturated heterocycles. The summed E-state index contributed by atoms with van der Waals surface area (Å²) in [5.41, 5.74) is 1.35. The van der Waals surface area contributed by atoms with E-state index in [1.54, 1.807) is 12.1 Å². The maximum absolute atomic E-state index is 12.6. The number of alkyl halides is 3. The molecule has 0 bridgehead atoms. The Bertz CT molecular complexity index is 768. The van der Waals surface area contributed by atoms with Crippen LogP contribution in [-0.2, 0) is 19.3 Å². The van der Waals surface area contributed by atoms with Crippen LogP contribution in [0.15, 0.2) is 48.5 Å². The lowest BCUT2D eigenvalue weighted by Gasteiger charge is -2.34. The lowest BCUT2D eigenvalue weighted by atomic mass is 10.1. The Labute approximate surface area is 155 Å². The predicted octanol–water partition coefficient (Wildman–Crippen LogP) is 3.93. The molecule has 0 unspecified atom stereocenters. The van der Waals surface area contributed by atoms with Crippen molar-refractivity contribution in [1.82, 2.24) is 9.80 Å². The Kier molecular flexibility index (Phi) is 5.76. The largest absolute Gasteiger partial charge is 0.416 e. The van der Waals surface area contributed by atoms with E-state index in [1.807, 2.05) is 0 Å². The van der Waals surface area contributed by atoms with E-state index in [-0.39, 0.29) is 5.69 Å². The van der Waals surface area contributed by atoms with Gasteiger partial charge in [-0.15, -0.1) is 0 Å². The molecule has 1 aliphatic heterocycles. The van der Waals surface area contributed by atoms with Crippen LogP contribution in [0.3, 0.4) is 0 Å². The number of halogens is 3. The summed E-state index contributed by atoms with van der Waals surface area (Å²) in [6.45, 7) is 4.70. The fourth-order valence-electron chi connectivity index (χ4n) is 3.14. The van der Waals surface area contributed by atoms with E-state index in [0.29, 0.717) is 6.54 Å². The molecule has 2 aromatic rings. The Balaban J connectivity index is 1.48. The third-order valence-electron chi connectivity index (χ3n) is 4.71. The quantitative estimate of drug-likeness (QED) is 0.583. The molecular weight excluding hydrogens is 359 g/mol. The normalized spacial score (nSPS) is 16.4. The number of rotatable bonds is 5. The summed E-state index contributed by atoms with van der Waals surface area (Å²) >= 11 is 0. The summed E-state index contributed by atoms with van der Waals surface area (Å²) in [6, 6.07) is 11.9. The highest BCUT2D eigenvalue weighted by atomic mass is 19.4. The van der Waals surface area contributed by atoms with Crippen molar-refractivity contribution >= 4 is 5.69 Å². The van der Waals surface area contributed by atoms with Crippen LogP contribution in [0, 0.1) is 10.1 Å². The van der Waals surface area contributed by atoms with Crippen LogP contribution in [0.2, 0.25) is 0 Å². The van der Waals surface area contributed by atoms with Crippen molar-refractivity contribution < 1.29 is 18.1 Å². The van der Waals surface area contributed by atoms with E-state index in [0.717, 1.165) is 56.0 Å². The van der Waals surface area contributed by atoms with Crippen molar-refractivity contribution in [2.24, 2.45) is 0 Å². The minimum atomic E-state index is -4.30. The molecule has 0 amide bonds. The molecule has 0 saturated carbocycles. The highest BCUT2D eigenvalue weighted by Crippen LogP contribution is 2.29. The van der Waals surface area contributed by atoms with Crippen LogP contribution < -0.4 is 0 Å². The Morgan fingerprint density at radius 3 is 1.59 bits per heavy atom. The topological polar surface area (TPSA) is 49.6 Å². The summed E-state index contributed by atoms with van der Waals surface area (Å²) in [5.74, 6) is 0. The smallest absolute Gasteiger partial charge is 0.297 e. The first-order chi connectivity index (χ1) is 12.8. The molecule has 27 heavy (non-hydrogen) atoms. The van der Waals surface area contributed by atoms with E-state index in [9.17, 15) is 23.3 Å². The van der Waals surface area contributed by atoms with E-state index >= 15 is 0 Å². The zero-order chi connectivity index (χ0) is 19.4. The third kappa shape index (κ3) is 5.27. The minimum absolute atomic E-state index is 0.0834. The Morgan fingerprint density at radius 1 is 0.815 bits per heavy atom. The third-order valence-corrected chi connectivity index (χ3v) is 4.71. The molecule has 0 aliphatic carbocycles. The van der Waals surface area contributed by atoms with E-state index in [1.165, 1.54) is 24.3 Å². The summed E-state index contributed by atoms with van der Waals surface area (Å²) in [6.07, 6.45) is -4.30. The van der Waals surface area contributed by atoms with Gasteiger partial charge in [-0.3, -0.25) is 19.9 Å². The second-order valence-corrected chi connectivity index (χ2v) is 6.67. The molecule has 0 radical (unpaired) electrons. The number of nitro benzene ring substituents is 1. The lowest BCUT2D eigenvalue weighted by Crippen LogP contribution is -2.45. The number of piperazine rings is 1. The highest BCUT2D eigenvalue weighted by Gasteiger charge is 2.30. The summed E-state index contributed by atoms with van der Waals surface area (Å²) in [7, 11) is 0. The van der Waals surface area contributed by atoms with Gasteiger partial charge in [-0.25, -0.2) is 0 Å². The first-order valence-electron chi connectivity index (χ1n) is 8.65. The zero-order valence-electron chi connectivity index (χ0n) is 14.7. The monoisotopic (exact) mass is 379 g/mol. The zero-order valence-corrected chi connectivity index (χ0v) is 14.7. The molecule has 0 spiro atoms. The van der Waals surface area contributed by atoms with Gasteiger partial charge in [0.15, 0.2) is 0 Å². The second-order valence-electron chi connectivity index (χ2n) is 6.67. The van der Waals surface area contributed by atoms with Gasteiger partial charge in [0.25, 0.3) is 5.69 Å². The Morgan fingerprint density at radius 2 is 1.22 bits per heavy atom. The average molecular weight is 379 g/mol. The van der Waals surface area contributed by atoms with E-state index in [2.05, 4.69) is 9.80 Å². The summed E-state index contributed by atoms with van der Waals surface area (Å²) in [4.78, 5) is 14.8. The second kappa shape index (κ2) is 8.06. The number of non-ortho nitro benzene ring substituents is 1. The van der Waals surface area contributed by atoms with Gasteiger partial charge in [0, 0.05) is 51.4 Å². The van der Waals surface area contributed by atoms with Gasteiger partial charge in [0.05, 0.1) is 10.5 Å². The molecule has 3 rings (SSSR count). The predicted molar refractivity (Wildman–Crippen MR) is 95.1 cm³/mol. The molecule has 2 aromatic carbocycles. The summed E-state index contributed by atoms with van der Waals surface area (Å²) in [5, 5.41) is 10.7. The van der Waals surface area contributed by atoms with Gasteiger partial charge in [0.1, 0.15) is 0 Å². The van der Waals surface area contributed by atoms with Crippen molar-refractivity contribution in [3.05, 3.63) is 75.3 Å². The first kappa shape index (κ1) is 19.3. The van der Waals surface area contributed by atoms with Crippen LogP contribution in [0.5, 0.6) is 0 Å². The van der Waals surface area contributed by atoms with Gasteiger partial charge >= 0.3 is 6.18 Å². The van der Waals surface area contributed by atoms with Crippen LogP contribution >= 0.6 is 0 Å². The van der Waals surface area contributed by atoms with Crippen molar-refractivity contribution in [2.45, 2.75) is 19.3 Å². The first-order valence-corrected chi connectivity index (χ1v) is 8.65. The number of nitrogens with zero attached hydrogens (tertiary/aromatic N) is 3. The average Bonchev–Trinajstić information content (AvgIpc) is 2.63. The number of benzene rings is 2. The highest BCUT2D eigenvalue weighted by molar-refractivity contribution is 5.32. The van der Waals surface area contributed by atoms with Gasteiger partial charge in [-0.05, 0) is 23.3 Å². The van der Waals surface area contributed by atoms with E-state index < -0.39 is 16.7 Å². The van der Waals surface area contributed by atoms with Crippen molar-refractivity contribution in [3.8, 4) is 0 Å². The van der Waals surface area contributed by atoms with Gasteiger partial charge < -0.3 is 0 Å². The van der Waals surface area contributed by atoms with Crippen molar-refractivity contribution in [3.63, 3.8) is 0 Å². The molecule has 144 valence electrons. The van der Waals surface area contributed by atoms with Crippen LogP contribution in [-0.4, -0.2) is 40.9 Å². The lowest BCUT2D eigenvalue weighted by molar-refractivity contribution is -0.384. The standard InChI is InChI=1S/C19H20F3N3O2/c20-19(21,22)17-5-1-15(2-6-17)13-23-9-11-24(12-10-23)14-16-3-7-18(8-4-16)25(26)27/h1-8H,9-14H2. The van der Waals surface area contributed by atoms with Crippen LogP contribution in [0.1, 0.15) is 16.7 Å². The molecule has 1 heterocycles. The van der Waals surface area contributed by atoms with Crippen LogP contribution in [0.25, 0.3) is 0 Å². The molecule has 8 heteroatoms. The van der Waals surface area contributed by atoms with Crippen molar-refractivity contribution in [1.29, 1.82) is 0 Å². The molecular formula is C19H20F3N3O2. The molecule has 1 aliphatic rings. The number of nitro groups is 1. The summed E-state index contributed by atoms with van der Waals surface area (Å²) < 4.78 is 37.8. The molecule has 0 aromatic heterocycles. The Hall–Kier alpha value is -2.45. The fourth-order valence-corrected chi connectivity index (χ4v) is 3.14. The number of hydrogen-bond donors (Lipinski definition) is 0. The van der Waals surface area contributed by atoms with Gasteiger partial charge in [-0.1, -0.05) is 24.3 Å². The fraction of sp³-hybridized carbons (Fsp3) is 0.368. The number of hydrogen-bond acceptors (Lipinski definition) is 4. The molecule has 5 nitrogen and oxygen atoms in total. The van der Waals surface area contributed by atoms with Crippen LogP contribution in [0.4, 0.5) is 18.9 Å². The SMILES string of the molecule is O=[N+]([O-])c1ccc(CN2CCN(Cc3ccc(C(F)(F)F)cc3)CC2)cc1. The van der Waals surface area contributed by atoms with Gasteiger partial charge in [-0.2, -0.15) is 13.2 Å². The molecule has 0 atom stereocenters. The molecule has 1 fully saturated rings. The van der Waals surface area contributed by atoms with E-state index in [4.69, 9.17) is 0 Å². The van der Waals surface area contributed by atoms with Gasteiger partial charge in [0.2, 0.25) is 0 Å². The maximum Gasteiger partial charge on any atom is 0.416 e. The molecule has 0 N–H and O–H groups in total.